The van der Waals surface area contributed by atoms with Crippen LogP contribution < -0.4 is 5.73 Å². The third kappa shape index (κ3) is 2.08. The molecule has 0 saturated carbocycles. The number of nitrogens with two attached hydrogens (primary N) is 1. The first-order chi connectivity index (χ1) is 7.76. The smallest absolute Gasteiger partial charge is 0.0497 e. The van der Waals surface area contributed by atoms with Gasteiger partial charge in [0.25, 0.3) is 0 Å². The fraction of sp³-hybridized carbons (Fsp3) is 0.385. The average Bonchev–Trinajstić information content (AvgIpc) is 2.63. The molecular weight excluding hydrogens is 220 g/mol. The molecule has 1 aromatic carbocycles. The first kappa shape index (κ1) is 11.5. The van der Waals surface area contributed by atoms with Crippen LogP contribution >= 0.6 is 11.6 Å². The van der Waals surface area contributed by atoms with Gasteiger partial charge in [-0.05, 0) is 49.9 Å². The van der Waals surface area contributed by atoms with E-state index in [9.17, 15) is 0 Å². The third-order valence-corrected chi connectivity index (χ3v) is 3.14. The molecule has 0 aliphatic heterocycles. The summed E-state index contributed by atoms with van der Waals surface area (Å²) in [5, 5.41) is 2.06. The topological polar surface area (TPSA) is 30.9 Å². The predicted molar refractivity (Wildman–Crippen MR) is 70.0 cm³/mol. The summed E-state index contributed by atoms with van der Waals surface area (Å²) in [4.78, 5) is 0. The lowest BCUT2D eigenvalue weighted by molar-refractivity contribution is 0.707. The number of rotatable bonds is 4. The molecular formula is C13H17ClN2. The van der Waals surface area contributed by atoms with E-state index in [1.807, 2.05) is 12.1 Å². The zero-order valence-corrected chi connectivity index (χ0v) is 10.3. The molecule has 86 valence electrons. The van der Waals surface area contributed by atoms with Crippen LogP contribution in [0.5, 0.6) is 0 Å². The highest BCUT2D eigenvalue weighted by atomic mass is 35.5. The SMILES string of the molecule is CCn1c(CCCN)cc2ccc(Cl)cc21. The van der Waals surface area contributed by atoms with Crippen LogP contribution in [0.1, 0.15) is 19.0 Å². The molecule has 0 aliphatic rings. The Hall–Kier alpha value is -0.990. The summed E-state index contributed by atoms with van der Waals surface area (Å²) in [6.45, 7) is 3.88. The number of nitrogens with zero attached hydrogens (tertiary/aromatic N) is 1. The summed E-state index contributed by atoms with van der Waals surface area (Å²) in [5.74, 6) is 0. The number of hydrogen-bond donors (Lipinski definition) is 1. The molecule has 0 fully saturated rings. The minimum Gasteiger partial charge on any atom is -0.345 e. The van der Waals surface area contributed by atoms with Gasteiger partial charge in [0.05, 0.1) is 0 Å². The number of aromatic nitrogens is 1. The molecule has 1 heterocycles. The molecule has 0 spiro atoms. The minimum absolute atomic E-state index is 0.742. The van der Waals surface area contributed by atoms with Crippen molar-refractivity contribution in [2.75, 3.05) is 6.54 Å². The van der Waals surface area contributed by atoms with Crippen molar-refractivity contribution in [3.63, 3.8) is 0 Å². The van der Waals surface area contributed by atoms with E-state index < -0.39 is 0 Å². The molecule has 2 aromatic rings. The second-order valence-corrected chi connectivity index (χ2v) is 4.41. The molecule has 16 heavy (non-hydrogen) atoms. The third-order valence-electron chi connectivity index (χ3n) is 2.91. The molecule has 0 aliphatic carbocycles. The van der Waals surface area contributed by atoms with Crippen molar-refractivity contribution in [3.05, 3.63) is 35.0 Å². The summed E-state index contributed by atoms with van der Waals surface area (Å²) in [5.41, 5.74) is 8.13. The van der Waals surface area contributed by atoms with E-state index in [0.29, 0.717) is 0 Å². The first-order valence-corrected chi connectivity index (χ1v) is 6.11. The second-order valence-electron chi connectivity index (χ2n) is 3.98. The summed E-state index contributed by atoms with van der Waals surface area (Å²) >= 11 is 6.03. The molecule has 0 radical (unpaired) electrons. The Morgan fingerprint density at radius 2 is 2.12 bits per heavy atom. The van der Waals surface area contributed by atoms with Crippen LogP contribution in [0.4, 0.5) is 0 Å². The molecule has 3 heteroatoms. The zero-order valence-electron chi connectivity index (χ0n) is 9.54. The van der Waals surface area contributed by atoms with Crippen LogP contribution in [0.3, 0.4) is 0 Å². The van der Waals surface area contributed by atoms with E-state index >= 15 is 0 Å². The number of halogens is 1. The maximum absolute atomic E-state index is 6.03. The Balaban J connectivity index is 2.49. The first-order valence-electron chi connectivity index (χ1n) is 5.74. The molecule has 1 aromatic heterocycles. The largest absolute Gasteiger partial charge is 0.345 e. The Bertz CT molecular complexity index is 488. The molecule has 2 nitrogen and oxygen atoms in total. The van der Waals surface area contributed by atoms with Crippen LogP contribution in [0.15, 0.2) is 24.3 Å². The van der Waals surface area contributed by atoms with Crippen LogP contribution in [0.25, 0.3) is 10.9 Å². The maximum Gasteiger partial charge on any atom is 0.0497 e. The monoisotopic (exact) mass is 236 g/mol. The van der Waals surface area contributed by atoms with Gasteiger partial charge in [-0.15, -0.1) is 0 Å². The standard InChI is InChI=1S/C13H17ClN2/c1-2-16-12(4-3-7-15)8-10-5-6-11(14)9-13(10)16/h5-6,8-9H,2-4,7,15H2,1H3. The summed E-state index contributed by atoms with van der Waals surface area (Å²) in [6.07, 6.45) is 2.07. The van der Waals surface area contributed by atoms with E-state index in [4.69, 9.17) is 17.3 Å². The Labute approximate surface area is 101 Å². The highest BCUT2D eigenvalue weighted by Gasteiger charge is 2.07. The lowest BCUT2D eigenvalue weighted by Gasteiger charge is -2.07. The molecule has 0 saturated heterocycles. The van der Waals surface area contributed by atoms with Gasteiger partial charge in [-0.3, -0.25) is 0 Å². The fourth-order valence-corrected chi connectivity index (χ4v) is 2.31. The lowest BCUT2D eigenvalue weighted by atomic mass is 10.2. The number of benzene rings is 1. The molecule has 0 bridgehead atoms. The van der Waals surface area contributed by atoms with Crippen molar-refractivity contribution < 1.29 is 0 Å². The minimum atomic E-state index is 0.742. The number of hydrogen-bond acceptors (Lipinski definition) is 1. The van der Waals surface area contributed by atoms with Gasteiger partial charge in [0.1, 0.15) is 0 Å². The van der Waals surface area contributed by atoms with Crippen molar-refractivity contribution >= 4 is 22.5 Å². The highest BCUT2D eigenvalue weighted by molar-refractivity contribution is 6.31. The van der Waals surface area contributed by atoms with Gasteiger partial charge in [0.2, 0.25) is 0 Å². The van der Waals surface area contributed by atoms with E-state index in [1.165, 1.54) is 16.6 Å². The van der Waals surface area contributed by atoms with E-state index in [0.717, 1.165) is 31.0 Å². The van der Waals surface area contributed by atoms with E-state index in [2.05, 4.69) is 23.6 Å². The Kier molecular flexibility index (Phi) is 3.52. The van der Waals surface area contributed by atoms with Crippen LogP contribution in [-0.4, -0.2) is 11.1 Å². The van der Waals surface area contributed by atoms with Crippen LogP contribution in [0, 0.1) is 0 Å². The Morgan fingerprint density at radius 3 is 2.81 bits per heavy atom. The van der Waals surface area contributed by atoms with Crippen molar-refractivity contribution in [2.45, 2.75) is 26.3 Å². The van der Waals surface area contributed by atoms with Gasteiger partial charge in [-0.2, -0.15) is 0 Å². The van der Waals surface area contributed by atoms with Gasteiger partial charge in [0, 0.05) is 22.8 Å². The van der Waals surface area contributed by atoms with E-state index in [-0.39, 0.29) is 0 Å². The van der Waals surface area contributed by atoms with Crippen molar-refractivity contribution in [3.8, 4) is 0 Å². The Morgan fingerprint density at radius 1 is 1.31 bits per heavy atom. The molecule has 0 unspecified atom stereocenters. The summed E-state index contributed by atoms with van der Waals surface area (Å²) in [7, 11) is 0. The molecule has 2 rings (SSSR count). The normalized spacial score (nSPS) is 11.2. The van der Waals surface area contributed by atoms with Gasteiger partial charge in [-0.25, -0.2) is 0 Å². The van der Waals surface area contributed by atoms with Gasteiger partial charge < -0.3 is 10.3 Å². The van der Waals surface area contributed by atoms with Gasteiger partial charge in [0.15, 0.2) is 0 Å². The quantitative estimate of drug-likeness (QED) is 0.869. The molecule has 2 N–H and O–H groups in total. The van der Waals surface area contributed by atoms with E-state index in [1.54, 1.807) is 0 Å². The molecule has 0 atom stereocenters. The molecule has 0 amide bonds. The second kappa shape index (κ2) is 4.89. The maximum atomic E-state index is 6.03. The lowest BCUT2D eigenvalue weighted by Crippen LogP contribution is -2.05. The fourth-order valence-electron chi connectivity index (χ4n) is 2.15. The summed E-state index contributed by atoms with van der Waals surface area (Å²) < 4.78 is 2.32. The summed E-state index contributed by atoms with van der Waals surface area (Å²) in [6, 6.07) is 8.30. The average molecular weight is 237 g/mol. The number of aryl methyl sites for hydroxylation is 2. The predicted octanol–water partition coefficient (Wildman–Crippen LogP) is 3.21. The van der Waals surface area contributed by atoms with Crippen molar-refractivity contribution in [1.82, 2.24) is 4.57 Å². The van der Waals surface area contributed by atoms with Crippen LogP contribution in [-0.2, 0) is 13.0 Å². The van der Waals surface area contributed by atoms with Crippen LogP contribution in [0.2, 0.25) is 5.02 Å². The van der Waals surface area contributed by atoms with Gasteiger partial charge in [-0.1, -0.05) is 17.7 Å². The number of fused-ring (bicyclic) bond motifs is 1. The van der Waals surface area contributed by atoms with Crippen molar-refractivity contribution in [1.29, 1.82) is 0 Å². The highest BCUT2D eigenvalue weighted by Crippen LogP contribution is 2.24. The van der Waals surface area contributed by atoms with Crippen molar-refractivity contribution in [2.24, 2.45) is 5.73 Å². The van der Waals surface area contributed by atoms with Gasteiger partial charge >= 0.3 is 0 Å². The zero-order chi connectivity index (χ0) is 11.5.